The molecule has 0 bridgehead atoms. The average Bonchev–Trinajstić information content (AvgIpc) is 1.56. The number of anilines is 6. The first-order valence-corrected chi connectivity index (χ1v) is 51.4. The van der Waals surface area contributed by atoms with Crippen molar-refractivity contribution in [3.05, 3.63) is 564 Å². The predicted octanol–water partition coefficient (Wildman–Crippen LogP) is 39.7. The first-order chi connectivity index (χ1) is 74.0. The summed E-state index contributed by atoms with van der Waals surface area (Å²) in [6.45, 7) is 0. The van der Waals surface area contributed by atoms with Crippen LogP contribution in [0.2, 0.25) is 0 Å². The lowest BCUT2D eigenvalue weighted by atomic mass is 9.90. The Kier molecular flexibility index (Phi) is 20.6. The Morgan fingerprint density at radius 1 is 0.121 bits per heavy atom. The molecule has 25 aromatic carbocycles. The summed E-state index contributed by atoms with van der Waals surface area (Å²) >= 11 is 0. The number of benzene rings is 25. The van der Waals surface area contributed by atoms with Gasteiger partial charge in [0.05, 0.1) is 33.1 Å². The van der Waals surface area contributed by atoms with Gasteiger partial charge in [0.25, 0.3) is 0 Å². The van der Waals surface area contributed by atoms with Crippen LogP contribution in [-0.2, 0) is 0 Å². The van der Waals surface area contributed by atoms with E-state index in [1.165, 1.54) is 231 Å². The van der Waals surface area contributed by atoms with Gasteiger partial charge in [-0.15, -0.1) is 0 Å². The zero-order valence-electron chi connectivity index (χ0n) is 81.4. The molecule has 0 saturated heterocycles. The van der Waals surface area contributed by atoms with Crippen LogP contribution in [0.1, 0.15) is 0 Å². The molecule has 0 unspecified atom stereocenters. The van der Waals surface area contributed by atoms with Crippen molar-refractivity contribution in [3.8, 4) is 151 Å². The second-order valence-corrected chi connectivity index (χ2v) is 39.1. The summed E-state index contributed by atoms with van der Waals surface area (Å²) < 4.78 is 7.36. The minimum absolute atomic E-state index is 1.09. The molecule has 3 heterocycles. The second-order valence-electron chi connectivity index (χ2n) is 39.1. The summed E-state index contributed by atoms with van der Waals surface area (Å²) in [6, 6.07) is 206. The van der Waals surface area contributed by atoms with E-state index in [0.29, 0.717) is 0 Å². The smallest absolute Gasteiger partial charge is 0.0547 e. The van der Waals surface area contributed by atoms with Crippen molar-refractivity contribution in [1.29, 1.82) is 0 Å². The van der Waals surface area contributed by atoms with Gasteiger partial charge in [0.1, 0.15) is 0 Å². The molecule has 3 aliphatic rings. The Morgan fingerprint density at radius 3 is 0.705 bits per heavy atom. The summed E-state index contributed by atoms with van der Waals surface area (Å²) in [5.74, 6) is 0. The minimum Gasteiger partial charge on any atom is -0.311 e. The molecule has 0 radical (unpaired) electrons. The highest BCUT2D eigenvalue weighted by molar-refractivity contribution is 6.28. The Balaban J connectivity index is 0.000000106. The molecule has 0 spiro atoms. The Bertz CT molecular complexity index is 10100. The predicted molar refractivity (Wildman–Crippen MR) is 630 cm³/mol. The van der Waals surface area contributed by atoms with Crippen LogP contribution >= 0.6 is 0 Å². The van der Waals surface area contributed by atoms with Gasteiger partial charge in [-0.1, -0.05) is 425 Å². The fraction of sp³-hybridized carbons (Fsp3) is 0. The van der Waals surface area contributed by atoms with Gasteiger partial charge in [0.15, 0.2) is 0 Å². The Morgan fingerprint density at radius 2 is 0.362 bits per heavy atom. The number of hydrogen-bond acceptors (Lipinski definition) is 2. The summed E-state index contributed by atoms with van der Waals surface area (Å²) in [5, 5.41) is 15.4. The van der Waals surface area contributed by atoms with E-state index in [4.69, 9.17) is 0 Å². The summed E-state index contributed by atoms with van der Waals surface area (Å²) in [5.41, 5.74) is 47.7. The lowest BCUT2D eigenvalue weighted by Gasteiger charge is -2.27. The Labute approximate surface area is 863 Å². The standard InChI is InChI=1S/2C52H34N2.C40H25N/c1-4-16-35(17-5-1)37-32-40(53(38-20-6-2-7-21-38)39-22-8-3-9-23-39)34-41(33-37)54-48-29-13-12-26-47(48)52-49(54)31-30-46-45-28-15-19-36-18-14-27-43(50(36)45)42-24-10-11-25-44(42)51(46)52;1-3-13-35(14-4-1)36-25-27-39(28-26-36)53(38-17-5-2-6-18-38)40-29-31-41(32-30-40)54-48-24-10-9-21-47(48)52-49(54)34-33-46-45-23-12-16-37-15-11-22-43(50(37)45)42-19-7-8-20-44(42)51(46)52;1-2-10-26(11-3-1)27-20-22-29(23-21-27)41-36-19-7-6-16-35(36)40-37(41)25-24-34-33-18-9-13-28-12-8-17-31(38(28)33)30-14-4-5-15-32(30)39(34)40/h2*1-34H;1-25H. The van der Waals surface area contributed by atoms with E-state index < -0.39 is 0 Å². The van der Waals surface area contributed by atoms with E-state index in [1.54, 1.807) is 0 Å². The van der Waals surface area contributed by atoms with Crippen LogP contribution in [0.3, 0.4) is 0 Å². The van der Waals surface area contributed by atoms with E-state index in [-0.39, 0.29) is 0 Å². The van der Waals surface area contributed by atoms with Crippen LogP contribution < -0.4 is 9.80 Å². The third kappa shape index (κ3) is 14.2. The molecule has 31 rings (SSSR count). The van der Waals surface area contributed by atoms with Gasteiger partial charge in [-0.2, -0.15) is 0 Å². The van der Waals surface area contributed by atoms with Crippen molar-refractivity contribution in [2.45, 2.75) is 0 Å². The van der Waals surface area contributed by atoms with E-state index in [0.717, 1.165) is 51.1 Å². The van der Waals surface area contributed by atoms with Gasteiger partial charge < -0.3 is 23.5 Å². The number of fused-ring (bicyclic) bond motifs is 27. The first-order valence-electron chi connectivity index (χ1n) is 51.4. The van der Waals surface area contributed by atoms with Crippen molar-refractivity contribution in [1.82, 2.24) is 13.7 Å². The third-order valence-corrected chi connectivity index (χ3v) is 31.0. The second kappa shape index (κ2) is 35.7. The number of para-hydroxylation sites is 6. The van der Waals surface area contributed by atoms with Crippen molar-refractivity contribution < 1.29 is 0 Å². The van der Waals surface area contributed by atoms with Gasteiger partial charge in [-0.05, 0) is 289 Å². The van der Waals surface area contributed by atoms with Crippen molar-refractivity contribution in [2.75, 3.05) is 9.80 Å². The summed E-state index contributed by atoms with van der Waals surface area (Å²) in [7, 11) is 0. The van der Waals surface area contributed by atoms with Gasteiger partial charge in [-0.25, -0.2) is 0 Å². The molecule has 149 heavy (non-hydrogen) atoms. The highest BCUT2D eigenvalue weighted by Gasteiger charge is 2.33. The summed E-state index contributed by atoms with van der Waals surface area (Å²) in [4.78, 5) is 4.70. The molecule has 5 heteroatoms. The molecule has 3 aromatic heterocycles. The maximum absolute atomic E-state index is 2.48. The molecule has 0 aliphatic heterocycles. The zero-order valence-corrected chi connectivity index (χ0v) is 81.4. The lowest BCUT2D eigenvalue weighted by Crippen LogP contribution is -2.10. The molecule has 0 N–H and O–H groups in total. The fourth-order valence-corrected chi connectivity index (χ4v) is 24.6. The van der Waals surface area contributed by atoms with Gasteiger partial charge in [-0.3, -0.25) is 0 Å². The normalized spacial score (nSPS) is 11.8. The van der Waals surface area contributed by atoms with Crippen LogP contribution in [0.25, 0.3) is 248 Å². The van der Waals surface area contributed by atoms with Crippen molar-refractivity contribution >= 4 is 132 Å². The monoisotopic (exact) mass is 1890 g/mol. The maximum atomic E-state index is 2.48. The van der Waals surface area contributed by atoms with Crippen LogP contribution in [0.4, 0.5) is 34.1 Å². The van der Waals surface area contributed by atoms with Crippen molar-refractivity contribution in [2.24, 2.45) is 0 Å². The van der Waals surface area contributed by atoms with Gasteiger partial charge in [0.2, 0.25) is 0 Å². The number of hydrogen-bond donors (Lipinski definition) is 0. The fourth-order valence-electron chi connectivity index (χ4n) is 24.6. The van der Waals surface area contributed by atoms with Crippen molar-refractivity contribution in [3.63, 3.8) is 0 Å². The topological polar surface area (TPSA) is 21.3 Å². The third-order valence-electron chi connectivity index (χ3n) is 31.0. The van der Waals surface area contributed by atoms with E-state index >= 15 is 0 Å². The van der Waals surface area contributed by atoms with Crippen LogP contribution in [-0.4, -0.2) is 13.7 Å². The molecular weight excluding hydrogens is 1800 g/mol. The molecule has 694 valence electrons. The lowest BCUT2D eigenvalue weighted by molar-refractivity contribution is 1.17. The first kappa shape index (κ1) is 86.0. The van der Waals surface area contributed by atoms with Gasteiger partial charge >= 0.3 is 0 Å². The zero-order chi connectivity index (χ0) is 98.1. The van der Waals surface area contributed by atoms with Gasteiger partial charge in [0, 0.05) is 100 Å². The number of nitrogens with zero attached hydrogens (tertiary/aromatic N) is 5. The maximum Gasteiger partial charge on any atom is 0.0547 e. The quantitative estimate of drug-likeness (QED) is 0.122. The number of rotatable bonds is 12. The molecule has 0 atom stereocenters. The number of aromatic nitrogens is 3. The molecule has 5 nitrogen and oxygen atoms in total. The van der Waals surface area contributed by atoms with E-state index in [2.05, 4.69) is 588 Å². The van der Waals surface area contributed by atoms with Crippen LogP contribution in [0, 0.1) is 0 Å². The SMILES string of the molecule is c1ccc(-c2cc(N(c3ccccc3)c3ccccc3)cc(-n3c4ccccc4c4c5c(ccc43)-c3cccc4cccc(c34)-c3ccccc3-5)c2)cc1.c1ccc(-c2ccc(-n3c4ccccc4c4c5c(ccc43)-c3cccc4cccc(c34)-c3ccccc3-5)cc2)cc1.c1ccc(-c2ccc(N(c3ccccc3)c3ccc(-n4c5ccccc5c5c6c(ccc54)-c4cccc5cccc(c45)-c4ccccc4-6)cc3)cc2)cc1. The molecule has 0 saturated carbocycles. The highest BCUT2D eigenvalue weighted by atomic mass is 15.2. The van der Waals surface area contributed by atoms with Crippen LogP contribution in [0.5, 0.6) is 0 Å². The van der Waals surface area contributed by atoms with Crippen LogP contribution in [0.15, 0.2) is 564 Å². The average molecular weight is 1890 g/mol. The molecule has 28 aromatic rings. The minimum atomic E-state index is 1.09. The molecule has 0 amide bonds. The van der Waals surface area contributed by atoms with E-state index in [9.17, 15) is 0 Å². The molecule has 3 aliphatic carbocycles. The molecule has 0 fully saturated rings. The summed E-state index contributed by atoms with van der Waals surface area (Å²) in [6.07, 6.45) is 0. The highest BCUT2D eigenvalue weighted by Crippen LogP contribution is 2.58. The Hall–Kier alpha value is -19.7. The molecular formula is C144H93N5. The van der Waals surface area contributed by atoms with E-state index in [1.807, 2.05) is 0 Å². The largest absolute Gasteiger partial charge is 0.311 e.